The lowest BCUT2D eigenvalue weighted by atomic mass is 9.96. The highest BCUT2D eigenvalue weighted by molar-refractivity contribution is 5.75. The zero-order chi connectivity index (χ0) is 15.5. The van der Waals surface area contributed by atoms with Gasteiger partial charge in [-0.05, 0) is 57.9 Å². The largest absolute Gasteiger partial charge is 0.497 e. The van der Waals surface area contributed by atoms with Crippen LogP contribution in [0.5, 0.6) is 5.75 Å². The molecule has 0 amide bonds. The summed E-state index contributed by atoms with van der Waals surface area (Å²) in [6, 6.07) is 7.93. The molecule has 0 spiro atoms. The Kier molecular flexibility index (Phi) is 4.88. The minimum absolute atomic E-state index is 0.170. The molecule has 1 N–H and O–H groups in total. The number of hydrogen-bond donors (Lipinski definition) is 1. The SMILES string of the molecule is COc1cccc([C@H](OC(=O)C(C)(C)C)[C@@H]2CCCN2)c1. The Morgan fingerprint density at radius 2 is 2.14 bits per heavy atom. The number of benzene rings is 1. The van der Waals surface area contributed by atoms with Crippen LogP contribution in [0, 0.1) is 5.41 Å². The van der Waals surface area contributed by atoms with E-state index in [2.05, 4.69) is 5.32 Å². The Morgan fingerprint density at radius 1 is 1.38 bits per heavy atom. The molecule has 1 aliphatic rings. The fraction of sp³-hybridized carbons (Fsp3) is 0.588. The van der Waals surface area contributed by atoms with Crippen LogP contribution in [0.15, 0.2) is 24.3 Å². The van der Waals surface area contributed by atoms with E-state index in [4.69, 9.17) is 9.47 Å². The van der Waals surface area contributed by atoms with Crippen molar-refractivity contribution in [2.45, 2.75) is 45.8 Å². The maximum atomic E-state index is 12.3. The molecular weight excluding hydrogens is 266 g/mol. The molecule has 2 atom stereocenters. The highest BCUT2D eigenvalue weighted by atomic mass is 16.5. The lowest BCUT2D eigenvalue weighted by Gasteiger charge is -2.28. The fourth-order valence-electron chi connectivity index (χ4n) is 2.46. The van der Waals surface area contributed by atoms with Gasteiger partial charge in [0.2, 0.25) is 0 Å². The molecule has 0 radical (unpaired) electrons. The highest BCUT2D eigenvalue weighted by Gasteiger charge is 2.33. The minimum atomic E-state index is -0.504. The lowest BCUT2D eigenvalue weighted by Crippen LogP contribution is -2.35. The van der Waals surface area contributed by atoms with Crippen molar-refractivity contribution in [2.75, 3.05) is 13.7 Å². The summed E-state index contributed by atoms with van der Waals surface area (Å²) in [4.78, 5) is 12.3. The summed E-state index contributed by atoms with van der Waals surface area (Å²) in [7, 11) is 1.64. The van der Waals surface area contributed by atoms with Crippen molar-refractivity contribution in [2.24, 2.45) is 5.41 Å². The van der Waals surface area contributed by atoms with Crippen molar-refractivity contribution < 1.29 is 14.3 Å². The van der Waals surface area contributed by atoms with E-state index in [1.807, 2.05) is 45.0 Å². The Balaban J connectivity index is 2.24. The summed E-state index contributed by atoms with van der Waals surface area (Å²) in [5.74, 6) is 0.603. The van der Waals surface area contributed by atoms with Gasteiger partial charge in [-0.25, -0.2) is 0 Å². The molecule has 1 saturated heterocycles. The van der Waals surface area contributed by atoms with Crippen molar-refractivity contribution in [3.63, 3.8) is 0 Å². The first-order chi connectivity index (χ1) is 9.91. The van der Waals surface area contributed by atoms with Crippen LogP contribution in [0.1, 0.15) is 45.3 Å². The summed E-state index contributed by atoms with van der Waals surface area (Å²) in [6.07, 6.45) is 1.85. The van der Waals surface area contributed by atoms with Gasteiger partial charge in [0, 0.05) is 6.04 Å². The Morgan fingerprint density at radius 3 is 2.71 bits per heavy atom. The minimum Gasteiger partial charge on any atom is -0.497 e. The van der Waals surface area contributed by atoms with E-state index < -0.39 is 5.41 Å². The van der Waals surface area contributed by atoms with Crippen molar-refractivity contribution in [3.8, 4) is 5.75 Å². The van der Waals surface area contributed by atoms with Gasteiger partial charge in [-0.3, -0.25) is 4.79 Å². The molecule has 2 rings (SSSR count). The van der Waals surface area contributed by atoms with Gasteiger partial charge in [-0.2, -0.15) is 0 Å². The molecule has 0 aliphatic carbocycles. The molecule has 0 aromatic heterocycles. The van der Waals surface area contributed by atoms with Gasteiger partial charge < -0.3 is 14.8 Å². The predicted molar refractivity (Wildman–Crippen MR) is 82.3 cm³/mol. The second-order valence-electron chi connectivity index (χ2n) is 6.56. The zero-order valence-corrected chi connectivity index (χ0v) is 13.3. The first-order valence-electron chi connectivity index (χ1n) is 7.50. The number of carbonyl (C=O) groups is 1. The average Bonchev–Trinajstić information content (AvgIpc) is 2.97. The highest BCUT2D eigenvalue weighted by Crippen LogP contribution is 2.31. The third-order valence-electron chi connectivity index (χ3n) is 3.73. The standard InChI is InChI=1S/C17H25NO3/c1-17(2,3)16(19)21-15(14-9-6-10-18-14)12-7-5-8-13(11-12)20-4/h5,7-8,11,14-15,18H,6,9-10H2,1-4H3/t14-,15-/m0/s1. The summed E-state index contributed by atoms with van der Waals surface area (Å²) in [5, 5.41) is 3.43. The third kappa shape index (κ3) is 3.97. The molecule has 21 heavy (non-hydrogen) atoms. The van der Waals surface area contributed by atoms with E-state index in [0.717, 1.165) is 30.7 Å². The molecule has 4 heteroatoms. The smallest absolute Gasteiger partial charge is 0.311 e. The van der Waals surface area contributed by atoms with Crippen LogP contribution in [0.25, 0.3) is 0 Å². The predicted octanol–water partition coefficient (Wildman–Crippen LogP) is 3.08. The van der Waals surface area contributed by atoms with Crippen molar-refractivity contribution >= 4 is 5.97 Å². The Labute approximate surface area is 126 Å². The average molecular weight is 291 g/mol. The van der Waals surface area contributed by atoms with E-state index in [0.29, 0.717) is 0 Å². The van der Waals surface area contributed by atoms with Gasteiger partial charge in [0.15, 0.2) is 0 Å². The van der Waals surface area contributed by atoms with Gasteiger partial charge in [0.25, 0.3) is 0 Å². The quantitative estimate of drug-likeness (QED) is 0.866. The van der Waals surface area contributed by atoms with Crippen molar-refractivity contribution in [1.82, 2.24) is 5.32 Å². The summed E-state index contributed by atoms with van der Waals surface area (Å²) < 4.78 is 11.1. The van der Waals surface area contributed by atoms with E-state index >= 15 is 0 Å². The van der Waals surface area contributed by atoms with E-state index in [9.17, 15) is 4.79 Å². The Hall–Kier alpha value is -1.55. The van der Waals surface area contributed by atoms with Gasteiger partial charge in [-0.15, -0.1) is 0 Å². The van der Waals surface area contributed by atoms with Crippen molar-refractivity contribution in [1.29, 1.82) is 0 Å². The number of nitrogens with one attached hydrogen (secondary N) is 1. The van der Waals surface area contributed by atoms with E-state index in [-0.39, 0.29) is 18.1 Å². The van der Waals surface area contributed by atoms with Crippen molar-refractivity contribution in [3.05, 3.63) is 29.8 Å². The molecule has 1 aliphatic heterocycles. The normalized spacial score (nSPS) is 20.1. The number of esters is 1. The molecule has 116 valence electrons. The molecule has 1 aromatic carbocycles. The second kappa shape index (κ2) is 6.48. The molecule has 1 heterocycles. The Bertz CT molecular complexity index is 487. The number of methoxy groups -OCH3 is 1. The molecule has 4 nitrogen and oxygen atoms in total. The first kappa shape index (κ1) is 15.8. The second-order valence-corrected chi connectivity index (χ2v) is 6.56. The van der Waals surface area contributed by atoms with Crippen LogP contribution in [-0.4, -0.2) is 25.7 Å². The van der Waals surface area contributed by atoms with Gasteiger partial charge in [-0.1, -0.05) is 12.1 Å². The number of rotatable bonds is 4. The number of ether oxygens (including phenoxy) is 2. The third-order valence-corrected chi connectivity index (χ3v) is 3.73. The van der Waals surface area contributed by atoms with Gasteiger partial charge >= 0.3 is 5.97 Å². The van der Waals surface area contributed by atoms with E-state index in [1.165, 1.54) is 0 Å². The number of carbonyl (C=O) groups excluding carboxylic acids is 1. The molecule has 1 fully saturated rings. The van der Waals surface area contributed by atoms with E-state index in [1.54, 1.807) is 7.11 Å². The van der Waals surface area contributed by atoms with Gasteiger partial charge in [0.05, 0.1) is 12.5 Å². The summed E-state index contributed by atoms with van der Waals surface area (Å²) >= 11 is 0. The number of hydrogen-bond acceptors (Lipinski definition) is 4. The molecule has 0 bridgehead atoms. The molecule has 0 unspecified atom stereocenters. The summed E-state index contributed by atoms with van der Waals surface area (Å²) in [6.45, 7) is 6.60. The fourth-order valence-corrected chi connectivity index (χ4v) is 2.46. The summed E-state index contributed by atoms with van der Waals surface area (Å²) in [5.41, 5.74) is 0.474. The van der Waals surface area contributed by atoms with Crippen LogP contribution in [0.4, 0.5) is 0 Å². The maximum absolute atomic E-state index is 12.3. The monoisotopic (exact) mass is 291 g/mol. The molecular formula is C17H25NO3. The van der Waals surface area contributed by atoms with Crippen LogP contribution >= 0.6 is 0 Å². The molecule has 1 aromatic rings. The van der Waals surface area contributed by atoms with Crippen LogP contribution in [0.2, 0.25) is 0 Å². The first-order valence-corrected chi connectivity index (χ1v) is 7.50. The van der Waals surface area contributed by atoms with Crippen LogP contribution in [0.3, 0.4) is 0 Å². The van der Waals surface area contributed by atoms with Gasteiger partial charge in [0.1, 0.15) is 11.9 Å². The molecule has 0 saturated carbocycles. The van der Waals surface area contributed by atoms with Crippen LogP contribution < -0.4 is 10.1 Å². The lowest BCUT2D eigenvalue weighted by molar-refractivity contribution is -0.160. The maximum Gasteiger partial charge on any atom is 0.311 e. The van der Waals surface area contributed by atoms with Crippen LogP contribution in [-0.2, 0) is 9.53 Å². The zero-order valence-electron chi connectivity index (χ0n) is 13.3. The topological polar surface area (TPSA) is 47.6 Å².